The van der Waals surface area contributed by atoms with Crippen molar-refractivity contribution in [3.63, 3.8) is 0 Å². The molecule has 0 saturated heterocycles. The molecular formula is C22H17N5O3S2. The Kier molecular flexibility index (Phi) is 5.46. The first-order valence-corrected chi connectivity index (χ1v) is 11.6. The summed E-state index contributed by atoms with van der Waals surface area (Å²) in [5.41, 5.74) is 1.85. The Hall–Kier alpha value is -3.50. The van der Waals surface area contributed by atoms with Gasteiger partial charge in [-0.3, -0.25) is 4.79 Å². The number of carbonyl (C=O) groups excluding carboxylic acids is 1. The molecule has 4 aromatic heterocycles. The van der Waals surface area contributed by atoms with E-state index in [9.17, 15) is 4.79 Å². The maximum absolute atomic E-state index is 12.7. The van der Waals surface area contributed by atoms with Crippen molar-refractivity contribution in [1.82, 2.24) is 20.1 Å². The predicted octanol–water partition coefficient (Wildman–Crippen LogP) is 5.50. The molecule has 0 fully saturated rings. The SMILES string of the molecule is Cc1oc2nc(SCc3nc(-c4cccs4)no3)nc(NC(=O)c3ccccc3)c2c1C. The van der Waals surface area contributed by atoms with E-state index in [0.29, 0.717) is 45.1 Å². The monoisotopic (exact) mass is 463 g/mol. The highest BCUT2D eigenvalue weighted by atomic mass is 32.2. The summed E-state index contributed by atoms with van der Waals surface area (Å²) in [6.45, 7) is 3.78. The highest BCUT2D eigenvalue weighted by Crippen LogP contribution is 2.32. The lowest BCUT2D eigenvalue weighted by Gasteiger charge is -2.07. The topological polar surface area (TPSA) is 107 Å². The van der Waals surface area contributed by atoms with Crippen LogP contribution in [0.4, 0.5) is 5.82 Å². The third-order valence-electron chi connectivity index (χ3n) is 4.81. The summed E-state index contributed by atoms with van der Waals surface area (Å²) in [5.74, 6) is 2.28. The summed E-state index contributed by atoms with van der Waals surface area (Å²) in [6.07, 6.45) is 0. The number of nitrogens with one attached hydrogen (secondary N) is 1. The molecule has 0 saturated carbocycles. The Labute approximate surface area is 191 Å². The minimum Gasteiger partial charge on any atom is -0.443 e. The number of rotatable bonds is 6. The first-order chi connectivity index (χ1) is 15.6. The van der Waals surface area contributed by atoms with Crippen molar-refractivity contribution in [2.75, 3.05) is 5.32 Å². The van der Waals surface area contributed by atoms with Crippen LogP contribution in [0.3, 0.4) is 0 Å². The van der Waals surface area contributed by atoms with Crippen LogP contribution >= 0.6 is 23.1 Å². The van der Waals surface area contributed by atoms with Gasteiger partial charge in [-0.2, -0.15) is 9.97 Å². The maximum Gasteiger partial charge on any atom is 0.256 e. The number of nitrogens with zero attached hydrogens (tertiary/aromatic N) is 4. The summed E-state index contributed by atoms with van der Waals surface area (Å²) >= 11 is 2.87. The van der Waals surface area contributed by atoms with Crippen LogP contribution in [0.2, 0.25) is 0 Å². The number of hydrogen-bond acceptors (Lipinski definition) is 9. The molecule has 0 aliphatic heterocycles. The van der Waals surface area contributed by atoms with E-state index in [0.717, 1.165) is 16.2 Å². The number of amides is 1. The van der Waals surface area contributed by atoms with Crippen LogP contribution in [0.5, 0.6) is 0 Å². The fraction of sp³-hybridized carbons (Fsp3) is 0.136. The second-order valence-corrected chi connectivity index (χ2v) is 8.81. The first-order valence-electron chi connectivity index (χ1n) is 9.72. The van der Waals surface area contributed by atoms with Gasteiger partial charge in [-0.15, -0.1) is 11.3 Å². The number of carbonyl (C=O) groups is 1. The van der Waals surface area contributed by atoms with Gasteiger partial charge in [0, 0.05) is 11.1 Å². The summed E-state index contributed by atoms with van der Waals surface area (Å²) in [5, 5.41) is 10.0. The number of fused-ring (bicyclic) bond motifs is 1. The molecule has 5 aromatic rings. The van der Waals surface area contributed by atoms with E-state index in [1.807, 2.05) is 49.6 Å². The number of anilines is 1. The molecule has 160 valence electrons. The van der Waals surface area contributed by atoms with Crippen LogP contribution in [-0.4, -0.2) is 26.0 Å². The molecule has 0 aliphatic carbocycles. The number of thiophene rings is 1. The molecule has 8 nitrogen and oxygen atoms in total. The normalized spacial score (nSPS) is 11.2. The standard InChI is InChI=1S/C22H17N5O3S2/c1-12-13(2)29-21-17(12)19(24-20(28)14-7-4-3-5-8-14)25-22(26-21)32-11-16-23-18(27-30-16)15-9-6-10-31-15/h3-10H,11H2,1-2H3,(H,24,25,26,28). The average molecular weight is 464 g/mol. The van der Waals surface area contributed by atoms with Crippen LogP contribution in [0.15, 0.2) is 61.9 Å². The highest BCUT2D eigenvalue weighted by Gasteiger charge is 2.19. The number of furan rings is 1. The molecule has 32 heavy (non-hydrogen) atoms. The van der Waals surface area contributed by atoms with E-state index < -0.39 is 0 Å². The molecule has 0 bridgehead atoms. The largest absolute Gasteiger partial charge is 0.443 e. The van der Waals surface area contributed by atoms with Gasteiger partial charge in [-0.05, 0) is 37.4 Å². The highest BCUT2D eigenvalue weighted by molar-refractivity contribution is 7.98. The molecule has 5 rings (SSSR count). The number of aromatic nitrogens is 4. The van der Waals surface area contributed by atoms with Gasteiger partial charge >= 0.3 is 0 Å². The average Bonchev–Trinajstić information content (AvgIpc) is 3.54. The lowest BCUT2D eigenvalue weighted by atomic mass is 10.2. The number of thioether (sulfide) groups is 1. The molecule has 4 heterocycles. The van der Waals surface area contributed by atoms with Crippen LogP contribution in [0, 0.1) is 13.8 Å². The van der Waals surface area contributed by atoms with E-state index in [1.54, 1.807) is 23.5 Å². The quantitative estimate of drug-likeness (QED) is 0.260. The Bertz CT molecular complexity index is 1390. The third-order valence-corrected chi connectivity index (χ3v) is 6.51. The molecule has 0 atom stereocenters. The number of benzene rings is 1. The van der Waals surface area contributed by atoms with Gasteiger partial charge in [0.15, 0.2) is 5.16 Å². The molecule has 10 heteroatoms. The Morgan fingerprint density at radius 1 is 1.09 bits per heavy atom. The molecule has 1 aromatic carbocycles. The van der Waals surface area contributed by atoms with Gasteiger partial charge in [0.1, 0.15) is 11.6 Å². The zero-order chi connectivity index (χ0) is 22.1. The lowest BCUT2D eigenvalue weighted by molar-refractivity contribution is 0.102. The number of aryl methyl sites for hydroxylation is 2. The van der Waals surface area contributed by atoms with Crippen molar-refractivity contribution >= 4 is 45.9 Å². The lowest BCUT2D eigenvalue weighted by Crippen LogP contribution is -2.13. The van der Waals surface area contributed by atoms with Crippen molar-refractivity contribution in [3.8, 4) is 10.7 Å². The van der Waals surface area contributed by atoms with Gasteiger partial charge < -0.3 is 14.3 Å². The zero-order valence-electron chi connectivity index (χ0n) is 17.2. The minimum absolute atomic E-state index is 0.253. The van der Waals surface area contributed by atoms with Crippen LogP contribution in [0.25, 0.3) is 21.8 Å². The van der Waals surface area contributed by atoms with Gasteiger partial charge in [0.25, 0.3) is 5.91 Å². The summed E-state index contributed by atoms with van der Waals surface area (Å²) < 4.78 is 11.2. The minimum atomic E-state index is -0.253. The summed E-state index contributed by atoms with van der Waals surface area (Å²) in [4.78, 5) is 27.2. The van der Waals surface area contributed by atoms with Crippen LogP contribution < -0.4 is 5.32 Å². The van der Waals surface area contributed by atoms with E-state index in [1.165, 1.54) is 11.8 Å². The fourth-order valence-corrected chi connectivity index (χ4v) is 4.42. The molecule has 1 N–H and O–H groups in total. The van der Waals surface area contributed by atoms with E-state index in [2.05, 4.69) is 25.4 Å². The summed E-state index contributed by atoms with van der Waals surface area (Å²) in [7, 11) is 0. The van der Waals surface area contributed by atoms with Gasteiger partial charge in [-0.25, -0.2) is 4.98 Å². The molecule has 0 unspecified atom stereocenters. The predicted molar refractivity (Wildman–Crippen MR) is 123 cm³/mol. The van der Waals surface area contributed by atoms with Gasteiger partial charge in [0.05, 0.1) is 16.0 Å². The Balaban J connectivity index is 1.42. The second kappa shape index (κ2) is 8.56. The molecule has 1 amide bonds. The molecular weight excluding hydrogens is 446 g/mol. The molecule has 0 aliphatic rings. The van der Waals surface area contributed by atoms with E-state index in [-0.39, 0.29) is 5.91 Å². The molecule has 0 spiro atoms. The summed E-state index contributed by atoms with van der Waals surface area (Å²) in [6, 6.07) is 12.9. The molecule has 0 radical (unpaired) electrons. The van der Waals surface area contributed by atoms with Gasteiger partial charge in [0.2, 0.25) is 17.4 Å². The van der Waals surface area contributed by atoms with Crippen LogP contribution in [-0.2, 0) is 5.75 Å². The zero-order valence-corrected chi connectivity index (χ0v) is 18.8. The van der Waals surface area contributed by atoms with Crippen molar-refractivity contribution in [2.24, 2.45) is 0 Å². The smallest absolute Gasteiger partial charge is 0.256 e. The van der Waals surface area contributed by atoms with Crippen molar-refractivity contribution in [2.45, 2.75) is 24.8 Å². The van der Waals surface area contributed by atoms with Crippen molar-refractivity contribution in [3.05, 3.63) is 70.6 Å². The maximum atomic E-state index is 12.7. The second-order valence-electron chi connectivity index (χ2n) is 6.92. The first kappa shape index (κ1) is 20.4. The van der Waals surface area contributed by atoms with Crippen molar-refractivity contribution in [1.29, 1.82) is 0 Å². The van der Waals surface area contributed by atoms with E-state index in [4.69, 9.17) is 8.94 Å². The third kappa shape index (κ3) is 4.02. The van der Waals surface area contributed by atoms with E-state index >= 15 is 0 Å². The van der Waals surface area contributed by atoms with Crippen LogP contribution in [0.1, 0.15) is 27.6 Å². The van der Waals surface area contributed by atoms with Crippen molar-refractivity contribution < 1.29 is 13.7 Å². The Morgan fingerprint density at radius 2 is 1.94 bits per heavy atom. The number of hydrogen-bond donors (Lipinski definition) is 1. The Morgan fingerprint density at radius 3 is 2.72 bits per heavy atom. The van der Waals surface area contributed by atoms with Gasteiger partial charge in [-0.1, -0.05) is 41.2 Å². The fourth-order valence-electron chi connectivity index (χ4n) is 3.10.